The smallest absolute Gasteiger partial charge is 0.437 e. The summed E-state index contributed by atoms with van der Waals surface area (Å²) in [5.41, 5.74) is 0. The van der Waals surface area contributed by atoms with E-state index >= 15 is 0 Å². The fourth-order valence-corrected chi connectivity index (χ4v) is 4.89. The largest absolute Gasteiger partial charge is 0.597 e. The molecule has 8 nitrogen and oxygen atoms in total. The lowest BCUT2D eigenvalue weighted by molar-refractivity contribution is 0.152. The molecule has 1 unspecified atom stereocenters. The highest BCUT2D eigenvalue weighted by Crippen LogP contribution is 2.48. The molecule has 1 amide bonds. The van der Waals surface area contributed by atoms with E-state index in [0.717, 1.165) is 0 Å². The maximum atomic E-state index is 11.7. The Hall–Kier alpha value is 0.130. The van der Waals surface area contributed by atoms with Gasteiger partial charge in [-0.3, -0.25) is 10.2 Å². The first kappa shape index (κ1) is 24.1. The first-order valence-electron chi connectivity index (χ1n) is 7.40. The maximum absolute atomic E-state index is 11.7. The molecule has 0 aromatic heterocycles. The van der Waals surface area contributed by atoms with Gasteiger partial charge in [-0.15, -0.1) is 16.5 Å². The number of nitrogens with zero attached hydrogens (tertiary/aromatic N) is 1. The van der Waals surface area contributed by atoms with Gasteiger partial charge in [0.2, 0.25) is 5.88 Å². The van der Waals surface area contributed by atoms with Crippen LogP contribution in [0.15, 0.2) is 5.16 Å². The molecule has 0 aromatic carbocycles. The number of amides is 1. The van der Waals surface area contributed by atoms with Crippen molar-refractivity contribution in [2.75, 3.05) is 38.1 Å². The Labute approximate surface area is 156 Å². The Bertz CT molecular complexity index is 432. The predicted octanol–water partition coefficient (Wildman–Crippen LogP) is 2.39. The summed E-state index contributed by atoms with van der Waals surface area (Å²) >= 11 is 5.35. The average Bonchev–Trinajstić information content (AvgIpc) is 2.55. The van der Waals surface area contributed by atoms with Crippen molar-refractivity contribution in [2.24, 2.45) is 5.16 Å². The summed E-state index contributed by atoms with van der Waals surface area (Å²) in [6.45, 7) is 4.73. The van der Waals surface area contributed by atoms with E-state index in [0.29, 0.717) is 37.4 Å². The minimum atomic E-state index is -2.24. The number of carbonyl (C=O) groups excluding carboxylic acids is 1. The zero-order valence-electron chi connectivity index (χ0n) is 14.4. The second kappa shape index (κ2) is 14.3. The van der Waals surface area contributed by atoms with Crippen LogP contribution in [0.3, 0.4) is 0 Å². The first-order valence-corrected chi connectivity index (χ1v) is 12.8. The van der Waals surface area contributed by atoms with Crippen LogP contribution < -0.4 is 10.0 Å². The Balaban J connectivity index is 3.92. The molecule has 0 rings (SSSR count). The van der Waals surface area contributed by atoms with E-state index in [2.05, 4.69) is 20.0 Å². The van der Waals surface area contributed by atoms with E-state index in [1.54, 1.807) is 6.92 Å². The number of nitrogens with one attached hydrogen (secondary N) is 2. The van der Waals surface area contributed by atoms with E-state index in [9.17, 15) is 9.35 Å². The Kier molecular flexibility index (Phi) is 14.4. The molecule has 0 radical (unpaired) electrons. The normalized spacial score (nSPS) is 13.6. The van der Waals surface area contributed by atoms with Crippen molar-refractivity contribution >= 4 is 52.6 Å². The van der Waals surface area contributed by atoms with Gasteiger partial charge in [-0.1, -0.05) is 5.16 Å². The molecule has 0 aliphatic heterocycles. The van der Waals surface area contributed by atoms with Gasteiger partial charge in [-0.25, -0.2) is 4.79 Å². The summed E-state index contributed by atoms with van der Waals surface area (Å²) in [5, 5.41) is 6.54. The second-order valence-corrected chi connectivity index (χ2v) is 10.4. The number of carbonyl (C=O) groups is 1. The molecule has 0 bridgehead atoms. The van der Waals surface area contributed by atoms with Crippen LogP contribution in [0, 0.1) is 0 Å². The van der Waals surface area contributed by atoms with Crippen LogP contribution in [0.5, 0.6) is 0 Å². The highest BCUT2D eigenvalue weighted by Gasteiger charge is 2.18. The Morgan fingerprint density at radius 3 is 2.54 bits per heavy atom. The SMILES string of the molecule is CCOP(=S)(CCCN[S+]([O-])CNC(=O)ON=C(C)SC)OCC. The van der Waals surface area contributed by atoms with E-state index in [1.165, 1.54) is 11.8 Å². The molecule has 12 heteroatoms. The molecule has 0 aromatic rings. The molecule has 0 saturated heterocycles. The summed E-state index contributed by atoms with van der Waals surface area (Å²) in [5.74, 6) is -0.0717. The van der Waals surface area contributed by atoms with Crippen LogP contribution in [0.4, 0.5) is 4.79 Å². The van der Waals surface area contributed by atoms with Gasteiger partial charge in [0, 0.05) is 12.7 Å². The molecular formula is C12H26N3O5PS3. The number of rotatable bonds is 12. The highest BCUT2D eigenvalue weighted by molar-refractivity contribution is 8.13. The molecule has 2 N–H and O–H groups in total. The second-order valence-electron chi connectivity index (χ2n) is 4.28. The van der Waals surface area contributed by atoms with Gasteiger partial charge in [0.25, 0.3) is 0 Å². The van der Waals surface area contributed by atoms with Crippen molar-refractivity contribution < 1.29 is 23.2 Å². The summed E-state index contributed by atoms with van der Waals surface area (Å²) in [6, 6.07) is 0. The topological polar surface area (TPSA) is 104 Å². The van der Waals surface area contributed by atoms with Gasteiger partial charge in [-0.2, -0.15) is 0 Å². The summed E-state index contributed by atoms with van der Waals surface area (Å²) < 4.78 is 25.6. The van der Waals surface area contributed by atoms with Gasteiger partial charge in [-0.05, 0) is 45.3 Å². The van der Waals surface area contributed by atoms with Crippen molar-refractivity contribution in [3.05, 3.63) is 0 Å². The van der Waals surface area contributed by atoms with Gasteiger partial charge in [0.05, 0.1) is 24.6 Å². The Morgan fingerprint density at radius 1 is 1.38 bits per heavy atom. The summed E-state index contributed by atoms with van der Waals surface area (Å²) in [7, 11) is 0. The third-order valence-electron chi connectivity index (χ3n) is 2.42. The number of oxime groups is 1. The first-order chi connectivity index (χ1) is 11.4. The van der Waals surface area contributed by atoms with Crippen LogP contribution >= 0.6 is 18.3 Å². The number of thioether (sulfide) groups is 1. The van der Waals surface area contributed by atoms with Crippen LogP contribution in [0.2, 0.25) is 0 Å². The van der Waals surface area contributed by atoms with Gasteiger partial charge >= 0.3 is 6.09 Å². The molecule has 0 aliphatic carbocycles. The highest BCUT2D eigenvalue weighted by atomic mass is 32.5. The fraction of sp³-hybridized carbons (Fsp3) is 0.833. The van der Waals surface area contributed by atoms with Crippen LogP contribution in [0.25, 0.3) is 0 Å². The number of hydrogen-bond acceptors (Lipinski definition) is 9. The third-order valence-corrected chi connectivity index (χ3v) is 7.37. The minimum Gasteiger partial charge on any atom is -0.597 e. The third kappa shape index (κ3) is 12.5. The molecule has 0 saturated carbocycles. The molecule has 0 heterocycles. The lowest BCUT2D eigenvalue weighted by atomic mass is 10.5. The summed E-state index contributed by atoms with van der Waals surface area (Å²) in [6.07, 6.45) is 2.34. The van der Waals surface area contributed by atoms with Gasteiger partial charge in [0.1, 0.15) is 5.04 Å². The molecule has 1 atom stereocenters. The van der Waals surface area contributed by atoms with Crippen molar-refractivity contribution in [1.82, 2.24) is 10.0 Å². The van der Waals surface area contributed by atoms with E-state index in [4.69, 9.17) is 20.9 Å². The van der Waals surface area contributed by atoms with Crippen LogP contribution in [-0.4, -0.2) is 53.7 Å². The van der Waals surface area contributed by atoms with Crippen molar-refractivity contribution in [2.45, 2.75) is 27.2 Å². The molecule has 142 valence electrons. The van der Waals surface area contributed by atoms with Gasteiger partial charge < -0.3 is 13.6 Å². The maximum Gasteiger partial charge on any atom is 0.437 e. The van der Waals surface area contributed by atoms with Crippen molar-refractivity contribution in [1.29, 1.82) is 0 Å². The fourth-order valence-electron chi connectivity index (χ4n) is 1.37. The van der Waals surface area contributed by atoms with Crippen molar-refractivity contribution in [3.63, 3.8) is 0 Å². The number of hydrogen-bond donors (Lipinski definition) is 2. The molecule has 0 aliphatic rings. The Morgan fingerprint density at radius 2 is 2.00 bits per heavy atom. The quantitative estimate of drug-likeness (QED) is 0.0945. The molecule has 0 fully saturated rings. The van der Waals surface area contributed by atoms with E-state index < -0.39 is 23.9 Å². The monoisotopic (exact) mass is 419 g/mol. The van der Waals surface area contributed by atoms with E-state index in [1.807, 2.05) is 20.1 Å². The predicted molar refractivity (Wildman–Crippen MR) is 104 cm³/mol. The zero-order valence-corrected chi connectivity index (χ0v) is 17.7. The molecule has 0 spiro atoms. The molecular weight excluding hydrogens is 393 g/mol. The zero-order chi connectivity index (χ0) is 18.4. The summed E-state index contributed by atoms with van der Waals surface area (Å²) in [4.78, 5) is 15.9. The minimum absolute atomic E-state index is 0.0717. The van der Waals surface area contributed by atoms with Crippen LogP contribution in [0.1, 0.15) is 27.2 Å². The van der Waals surface area contributed by atoms with Crippen molar-refractivity contribution in [3.8, 4) is 0 Å². The van der Waals surface area contributed by atoms with E-state index in [-0.39, 0.29) is 5.88 Å². The molecule has 24 heavy (non-hydrogen) atoms. The van der Waals surface area contributed by atoms with Crippen LogP contribution in [-0.2, 0) is 37.1 Å². The standard InChI is InChI=1S/C12H26N3O5PS3/c1-5-18-21(22,19-6-2)9-7-8-14-24(17)10-13-12(16)20-15-11(3)23-4/h14H,5-10H2,1-4H3,(H,13,16). The van der Waals surface area contributed by atoms with Gasteiger partial charge in [0.15, 0.2) is 6.49 Å². The lowest BCUT2D eigenvalue weighted by Crippen LogP contribution is -2.37. The average molecular weight is 420 g/mol. The lowest BCUT2D eigenvalue weighted by Gasteiger charge is -2.21.